The predicted molar refractivity (Wildman–Crippen MR) is 101 cm³/mol. The molecule has 0 aliphatic rings. The molecule has 0 aliphatic carbocycles. The second-order valence-corrected chi connectivity index (χ2v) is 6.47. The van der Waals surface area contributed by atoms with Crippen molar-refractivity contribution in [1.82, 2.24) is 0 Å². The summed E-state index contributed by atoms with van der Waals surface area (Å²) in [4.78, 5) is 0. The molecule has 1 heterocycles. The van der Waals surface area contributed by atoms with E-state index >= 15 is 0 Å². The molecule has 1 nitrogen and oxygen atoms in total. The van der Waals surface area contributed by atoms with E-state index < -0.39 is 0 Å². The Bertz CT molecular complexity index is 887. The van der Waals surface area contributed by atoms with Crippen LogP contribution in [0.1, 0.15) is 25.5 Å². The molecule has 0 bridgehead atoms. The van der Waals surface area contributed by atoms with E-state index in [1.54, 1.807) is 0 Å². The Balaban J connectivity index is 2.00. The van der Waals surface area contributed by atoms with E-state index in [0.29, 0.717) is 5.92 Å². The van der Waals surface area contributed by atoms with Crippen LogP contribution in [0.25, 0.3) is 33.2 Å². The van der Waals surface area contributed by atoms with Crippen molar-refractivity contribution in [1.29, 1.82) is 0 Å². The Morgan fingerprint density at radius 1 is 0.667 bits per heavy atom. The molecular weight excluding hydrogens is 292 g/mol. The van der Waals surface area contributed by atoms with Gasteiger partial charge >= 0.3 is 0 Å². The lowest BCUT2D eigenvalue weighted by atomic mass is 9.93. The van der Waals surface area contributed by atoms with E-state index in [2.05, 4.69) is 86.6 Å². The van der Waals surface area contributed by atoms with E-state index in [0.717, 1.165) is 16.7 Å². The highest BCUT2D eigenvalue weighted by molar-refractivity contribution is 5.94. The third-order valence-electron chi connectivity index (χ3n) is 4.41. The van der Waals surface area contributed by atoms with Crippen molar-refractivity contribution < 1.29 is 4.42 Å². The highest BCUT2D eigenvalue weighted by Gasteiger charge is 2.13. The number of benzene rings is 3. The summed E-state index contributed by atoms with van der Waals surface area (Å²) >= 11 is 0. The maximum Gasteiger partial charge on any atom is 0.134 e. The van der Waals surface area contributed by atoms with Gasteiger partial charge in [-0.05, 0) is 40.5 Å². The molecule has 3 aromatic carbocycles. The summed E-state index contributed by atoms with van der Waals surface area (Å²) in [6, 6.07) is 27.7. The van der Waals surface area contributed by atoms with E-state index in [9.17, 15) is 0 Å². The molecule has 0 atom stereocenters. The minimum Gasteiger partial charge on any atom is -0.461 e. The van der Waals surface area contributed by atoms with Gasteiger partial charge in [0.1, 0.15) is 11.3 Å². The molecule has 0 unspecified atom stereocenters. The molecule has 0 spiro atoms. The molecule has 0 aliphatic heterocycles. The van der Waals surface area contributed by atoms with Crippen LogP contribution in [0.2, 0.25) is 0 Å². The molecule has 0 radical (unpaired) electrons. The first-order valence-corrected chi connectivity index (χ1v) is 8.41. The van der Waals surface area contributed by atoms with Crippen molar-refractivity contribution in [2.45, 2.75) is 19.8 Å². The Morgan fingerprint density at radius 2 is 1.21 bits per heavy atom. The quantitative estimate of drug-likeness (QED) is 0.401. The molecule has 118 valence electrons. The van der Waals surface area contributed by atoms with E-state index in [1.165, 1.54) is 22.3 Å². The van der Waals surface area contributed by atoms with Crippen molar-refractivity contribution >= 4 is 11.0 Å². The summed E-state index contributed by atoms with van der Waals surface area (Å²) in [7, 11) is 0. The zero-order valence-corrected chi connectivity index (χ0v) is 14.0. The molecule has 0 saturated carbocycles. The molecule has 4 rings (SSSR count). The molecule has 1 aromatic heterocycles. The van der Waals surface area contributed by atoms with Crippen molar-refractivity contribution in [3.63, 3.8) is 0 Å². The Hall–Kier alpha value is -2.80. The van der Waals surface area contributed by atoms with Crippen LogP contribution >= 0.6 is 0 Å². The highest BCUT2D eigenvalue weighted by atomic mass is 16.3. The first-order valence-electron chi connectivity index (χ1n) is 8.41. The van der Waals surface area contributed by atoms with E-state index in [4.69, 9.17) is 4.42 Å². The lowest BCUT2D eigenvalue weighted by Crippen LogP contribution is -1.85. The monoisotopic (exact) mass is 312 g/mol. The van der Waals surface area contributed by atoms with Crippen molar-refractivity contribution in [2.24, 2.45) is 0 Å². The molecule has 1 heteroatoms. The summed E-state index contributed by atoms with van der Waals surface area (Å²) in [5.41, 5.74) is 5.84. The second-order valence-electron chi connectivity index (χ2n) is 6.47. The molecule has 4 aromatic rings. The summed E-state index contributed by atoms with van der Waals surface area (Å²) in [6.45, 7) is 4.32. The van der Waals surface area contributed by atoms with Gasteiger partial charge in [-0.1, -0.05) is 74.5 Å². The number of rotatable bonds is 3. The van der Waals surface area contributed by atoms with Gasteiger partial charge in [-0.25, -0.2) is 0 Å². The number of hydrogen-bond acceptors (Lipinski definition) is 1. The van der Waals surface area contributed by atoms with E-state index in [1.807, 2.05) is 6.07 Å². The number of furan rings is 1. The van der Waals surface area contributed by atoms with Crippen molar-refractivity contribution in [3.8, 4) is 22.3 Å². The van der Waals surface area contributed by atoms with Crippen LogP contribution < -0.4 is 0 Å². The highest BCUT2D eigenvalue weighted by Crippen LogP contribution is 2.37. The maximum absolute atomic E-state index is 6.08. The Morgan fingerprint density at radius 3 is 1.75 bits per heavy atom. The predicted octanol–water partition coefficient (Wildman–Crippen LogP) is 6.89. The van der Waals surface area contributed by atoms with Gasteiger partial charge in [0.05, 0.1) is 0 Å². The smallest absolute Gasteiger partial charge is 0.134 e. The number of hydrogen-bond donors (Lipinski definition) is 0. The third-order valence-corrected chi connectivity index (χ3v) is 4.41. The fourth-order valence-electron chi connectivity index (χ4n) is 3.11. The summed E-state index contributed by atoms with van der Waals surface area (Å²) < 4.78 is 6.08. The van der Waals surface area contributed by atoms with Gasteiger partial charge in [0.25, 0.3) is 0 Å². The van der Waals surface area contributed by atoms with Gasteiger partial charge in [0.2, 0.25) is 0 Å². The average molecular weight is 312 g/mol. The fraction of sp³-hybridized carbons (Fsp3) is 0.130. The van der Waals surface area contributed by atoms with Crippen LogP contribution in [0, 0.1) is 0 Å². The maximum atomic E-state index is 6.08. The zero-order chi connectivity index (χ0) is 16.5. The van der Waals surface area contributed by atoms with Gasteiger partial charge in [-0.3, -0.25) is 0 Å². The summed E-state index contributed by atoms with van der Waals surface area (Å²) in [6.07, 6.45) is 0. The first kappa shape index (κ1) is 14.8. The molecule has 0 amide bonds. The largest absolute Gasteiger partial charge is 0.461 e. The van der Waals surface area contributed by atoms with Crippen LogP contribution in [0.4, 0.5) is 0 Å². The fourth-order valence-corrected chi connectivity index (χ4v) is 3.11. The van der Waals surface area contributed by atoms with Crippen molar-refractivity contribution in [2.75, 3.05) is 0 Å². The second kappa shape index (κ2) is 6.01. The van der Waals surface area contributed by atoms with Gasteiger partial charge in [0.15, 0.2) is 0 Å². The lowest BCUT2D eigenvalue weighted by molar-refractivity contribution is 0.522. The van der Waals surface area contributed by atoms with Crippen LogP contribution in [0.15, 0.2) is 83.3 Å². The van der Waals surface area contributed by atoms with Gasteiger partial charge in [-0.15, -0.1) is 0 Å². The van der Waals surface area contributed by atoms with Crippen LogP contribution in [0.5, 0.6) is 0 Å². The van der Waals surface area contributed by atoms with Gasteiger partial charge in [0, 0.05) is 11.3 Å². The SMILES string of the molecule is CC(C)c1cc2cc(-c3ccccc3)c(-c3ccccc3)cc2o1. The third kappa shape index (κ3) is 2.63. The Kier molecular flexibility index (Phi) is 3.70. The van der Waals surface area contributed by atoms with Gasteiger partial charge in [-0.2, -0.15) is 0 Å². The standard InChI is InChI=1S/C23H20O/c1-16(2)22-14-19-13-20(17-9-5-3-6-10-17)21(15-23(19)24-22)18-11-7-4-8-12-18/h3-16H,1-2H3. The molecule has 0 saturated heterocycles. The first-order chi connectivity index (χ1) is 11.7. The Labute approximate surface area is 142 Å². The lowest BCUT2D eigenvalue weighted by Gasteiger charge is -2.10. The molecule has 24 heavy (non-hydrogen) atoms. The average Bonchev–Trinajstić information content (AvgIpc) is 3.05. The van der Waals surface area contributed by atoms with Crippen LogP contribution in [0.3, 0.4) is 0 Å². The molecule has 0 fully saturated rings. The van der Waals surface area contributed by atoms with Crippen molar-refractivity contribution in [3.05, 3.63) is 84.6 Å². The van der Waals surface area contributed by atoms with Crippen LogP contribution in [-0.4, -0.2) is 0 Å². The molecule has 0 N–H and O–H groups in total. The minimum absolute atomic E-state index is 0.387. The van der Waals surface area contributed by atoms with Crippen LogP contribution in [-0.2, 0) is 0 Å². The minimum atomic E-state index is 0.387. The molecular formula is C23H20O. The normalized spacial score (nSPS) is 11.3. The van der Waals surface area contributed by atoms with Gasteiger partial charge < -0.3 is 4.42 Å². The zero-order valence-electron chi connectivity index (χ0n) is 14.0. The summed E-state index contributed by atoms with van der Waals surface area (Å²) in [5.74, 6) is 1.42. The summed E-state index contributed by atoms with van der Waals surface area (Å²) in [5, 5.41) is 1.16. The topological polar surface area (TPSA) is 13.1 Å². The number of fused-ring (bicyclic) bond motifs is 1. The van der Waals surface area contributed by atoms with E-state index in [-0.39, 0.29) is 0 Å².